The van der Waals surface area contributed by atoms with E-state index in [-0.39, 0.29) is 36.3 Å². The van der Waals surface area contributed by atoms with Crippen LogP contribution >= 0.6 is 22.6 Å². The molecule has 22 nitrogen and oxygen atoms in total. The number of carbonyl (C=O) groups excluding carboxylic acids is 8. The molecular weight excluding hydrogens is 1500 g/mol. The van der Waals surface area contributed by atoms with Gasteiger partial charge in [0, 0.05) is 106 Å². The number of carbonyl (C=O) groups is 8. The van der Waals surface area contributed by atoms with Crippen molar-refractivity contribution in [3.8, 4) is 71.5 Å². The molecule has 7 N–H and O–H groups in total. The number of aliphatic hydroxyl groups excluding tert-OH is 1. The fourth-order valence-corrected chi connectivity index (χ4v) is 10.2. The molecule has 0 spiro atoms. The van der Waals surface area contributed by atoms with Gasteiger partial charge in [-0.2, -0.15) is 0 Å². The van der Waals surface area contributed by atoms with E-state index in [2.05, 4.69) is 126 Å². The summed E-state index contributed by atoms with van der Waals surface area (Å²) in [5.41, 5.74) is 7.85. The molecule has 2 saturated heterocycles. The van der Waals surface area contributed by atoms with Crippen molar-refractivity contribution in [2.45, 2.75) is 116 Å². The second kappa shape index (κ2) is 49.5. The molecule has 0 bridgehead atoms. The number of hydrogen-bond donors (Lipinski definition) is 7. The van der Waals surface area contributed by atoms with E-state index in [1.807, 2.05) is 65.8 Å². The number of aliphatic hydroxyl groups is 1. The van der Waals surface area contributed by atoms with Gasteiger partial charge in [0.1, 0.15) is 43.9 Å². The Hall–Kier alpha value is -10.4. The van der Waals surface area contributed by atoms with Crippen LogP contribution in [0.25, 0.3) is 0 Å². The summed E-state index contributed by atoms with van der Waals surface area (Å²) in [6.07, 6.45) is 4.48. The van der Waals surface area contributed by atoms with Crippen molar-refractivity contribution in [2.24, 2.45) is 0 Å². The summed E-state index contributed by atoms with van der Waals surface area (Å²) in [6.45, 7) is 24.1. The zero-order valence-corrected chi connectivity index (χ0v) is 65.4. The fraction of sp³-hybridized carbons (Fsp3) is 0.349. The van der Waals surface area contributed by atoms with Crippen LogP contribution < -0.4 is 26.7 Å². The Labute approximate surface area is 653 Å². The molecule has 0 aliphatic carbocycles. The number of Topliss-reactive ketones (excluding diaryl/α,β-unsaturated/α-hetero) is 2. The number of nitrogens with one attached hydrogen (secondary N) is 5. The van der Waals surface area contributed by atoms with Crippen molar-refractivity contribution in [1.82, 2.24) is 31.6 Å². The summed E-state index contributed by atoms with van der Waals surface area (Å²) in [4.78, 5) is 97.2. The second-order valence-corrected chi connectivity index (χ2v) is 27.5. The summed E-state index contributed by atoms with van der Waals surface area (Å²) in [6, 6.07) is 39.2. The normalized spacial score (nSPS) is 13.7. The molecule has 6 atom stereocenters. The van der Waals surface area contributed by atoms with Gasteiger partial charge in [-0.05, 0) is 235 Å². The van der Waals surface area contributed by atoms with Crippen molar-refractivity contribution < 1.29 is 77.1 Å². The number of amides is 4. The largest absolute Gasteiger partial charge is 0.391 e. The van der Waals surface area contributed by atoms with E-state index in [9.17, 15) is 43.5 Å². The number of hydroxylamine groups is 1. The predicted octanol–water partition coefficient (Wildman–Crippen LogP) is 8.23. The first kappa shape index (κ1) is 91.0. The maximum atomic E-state index is 12.8. The van der Waals surface area contributed by atoms with Crippen LogP contribution in [-0.4, -0.2) is 191 Å². The molecular formula is C86H95IN6O16. The van der Waals surface area contributed by atoms with Gasteiger partial charge in [0.25, 0.3) is 23.6 Å². The van der Waals surface area contributed by atoms with Crippen LogP contribution in [0.3, 0.4) is 0 Å². The van der Waals surface area contributed by atoms with E-state index >= 15 is 0 Å². The van der Waals surface area contributed by atoms with Gasteiger partial charge in [-0.1, -0.05) is 66.0 Å². The Bertz CT molecular complexity index is 4280. The smallest absolute Gasteiger partial charge is 0.268 e. The highest BCUT2D eigenvalue weighted by atomic mass is 127. The lowest BCUT2D eigenvalue weighted by Crippen LogP contribution is -2.51. The fourth-order valence-electron chi connectivity index (χ4n) is 9.83. The average molecular weight is 1600 g/mol. The first-order valence-corrected chi connectivity index (χ1v) is 35.8. The summed E-state index contributed by atoms with van der Waals surface area (Å²) in [7, 11) is 2.86. The Morgan fingerprint density at radius 3 is 1.16 bits per heavy atom. The third kappa shape index (κ3) is 36.8. The van der Waals surface area contributed by atoms with Crippen LogP contribution in [0.4, 0.5) is 0 Å². The minimum atomic E-state index is -1.28. The highest BCUT2D eigenvalue weighted by molar-refractivity contribution is 14.1. The van der Waals surface area contributed by atoms with E-state index in [0.717, 1.165) is 92.0 Å². The van der Waals surface area contributed by atoms with Crippen molar-refractivity contribution in [1.29, 1.82) is 0 Å². The molecule has 4 amide bonds. The number of benzene rings is 6. The summed E-state index contributed by atoms with van der Waals surface area (Å²) in [5, 5.41) is 29.4. The molecule has 23 heteroatoms. The SMILES string of the molecule is C#CC#Cc1ccc(C(=O)N[C@H](C(=O)COC)[C@@H](C)OC(C)(C)C)cc1.C1COCCN1.COCC(=O)[C@@H](NC(=O)c1ccc(C#CC#Cc2ccc(C=O)cc2)cc1)[C@@H](C)OC(C)(C)C.C[C@@H](O)[C@H](NC(=O)c1ccc(C#CC#Cc2ccc(CN3CCOCC3)cc2)cc1)C(=O)NO.O=Cc1ccc(I)cc1. The number of methoxy groups -OCH3 is 2. The third-order valence-electron chi connectivity index (χ3n) is 15.1. The average Bonchev–Trinajstić information content (AvgIpc) is 0.857. The highest BCUT2D eigenvalue weighted by Gasteiger charge is 2.33. The monoisotopic (exact) mass is 1590 g/mol. The van der Waals surface area contributed by atoms with Crippen molar-refractivity contribution in [3.63, 3.8) is 0 Å². The summed E-state index contributed by atoms with van der Waals surface area (Å²) < 4.78 is 33.1. The minimum Gasteiger partial charge on any atom is -0.391 e. The van der Waals surface area contributed by atoms with Crippen LogP contribution in [0, 0.1) is 75.1 Å². The molecule has 2 heterocycles. The van der Waals surface area contributed by atoms with Crippen LogP contribution in [0.5, 0.6) is 0 Å². The summed E-state index contributed by atoms with van der Waals surface area (Å²) in [5.74, 6) is 27.7. The number of morpholine rings is 2. The Morgan fingerprint density at radius 2 is 0.853 bits per heavy atom. The number of rotatable bonds is 22. The Balaban J connectivity index is 0.000000315. The lowest BCUT2D eigenvalue weighted by Gasteiger charge is -2.30. The molecule has 109 heavy (non-hydrogen) atoms. The molecule has 0 aromatic heterocycles. The predicted molar refractivity (Wildman–Crippen MR) is 425 cm³/mol. The number of hydrogen-bond acceptors (Lipinski definition) is 18. The molecule has 8 rings (SSSR count). The molecule has 0 radical (unpaired) electrons. The molecule has 2 aliphatic rings. The first-order valence-electron chi connectivity index (χ1n) is 34.8. The molecule has 2 aliphatic heterocycles. The molecule has 0 saturated carbocycles. The molecule has 2 fully saturated rings. The third-order valence-corrected chi connectivity index (χ3v) is 15.8. The van der Waals surface area contributed by atoms with E-state index in [1.54, 1.807) is 123 Å². The van der Waals surface area contributed by atoms with Gasteiger partial charge in [-0.3, -0.25) is 48.5 Å². The zero-order valence-electron chi connectivity index (χ0n) is 63.3. The number of aldehydes is 2. The van der Waals surface area contributed by atoms with Crippen molar-refractivity contribution in [3.05, 3.63) is 210 Å². The van der Waals surface area contributed by atoms with Crippen molar-refractivity contribution >= 4 is 70.4 Å². The maximum absolute atomic E-state index is 12.8. The van der Waals surface area contributed by atoms with Gasteiger partial charge in [-0.15, -0.1) is 6.42 Å². The van der Waals surface area contributed by atoms with Gasteiger partial charge in [0.05, 0.1) is 55.9 Å². The molecule has 572 valence electrons. The van der Waals surface area contributed by atoms with Crippen LogP contribution in [0.1, 0.15) is 147 Å². The topological polar surface area (TPSA) is 296 Å². The maximum Gasteiger partial charge on any atom is 0.268 e. The van der Waals surface area contributed by atoms with Crippen molar-refractivity contribution in [2.75, 3.05) is 80.0 Å². The van der Waals surface area contributed by atoms with Crippen LogP contribution in [0.2, 0.25) is 0 Å². The Kier molecular flexibility index (Phi) is 41.3. The lowest BCUT2D eigenvalue weighted by molar-refractivity contribution is -0.134. The van der Waals surface area contributed by atoms with E-state index in [1.165, 1.54) is 32.2 Å². The number of halogens is 1. The molecule has 0 unspecified atom stereocenters. The van der Waals surface area contributed by atoms with Gasteiger partial charge in [-0.25, -0.2) is 5.48 Å². The van der Waals surface area contributed by atoms with Crippen LogP contribution in [-0.2, 0) is 49.3 Å². The first-order chi connectivity index (χ1) is 52.1. The quantitative estimate of drug-likeness (QED) is 0.0111. The lowest BCUT2D eigenvalue weighted by atomic mass is 10.0. The van der Waals surface area contributed by atoms with Gasteiger partial charge in [0.2, 0.25) is 0 Å². The Morgan fingerprint density at radius 1 is 0.523 bits per heavy atom. The zero-order chi connectivity index (χ0) is 80.2. The molecule has 6 aromatic rings. The van der Waals surface area contributed by atoms with E-state index in [0.29, 0.717) is 33.4 Å². The minimum absolute atomic E-state index is 0.108. The number of terminal acetylenes is 1. The van der Waals surface area contributed by atoms with Gasteiger partial charge in [0.15, 0.2) is 11.6 Å². The number of ether oxygens (including phenoxy) is 6. The summed E-state index contributed by atoms with van der Waals surface area (Å²) >= 11 is 2.20. The van der Waals surface area contributed by atoms with Crippen LogP contribution in [0.15, 0.2) is 146 Å². The van der Waals surface area contributed by atoms with Gasteiger partial charge >= 0.3 is 0 Å². The highest BCUT2D eigenvalue weighted by Crippen LogP contribution is 2.18. The van der Waals surface area contributed by atoms with E-state index in [4.69, 9.17) is 40.1 Å². The van der Waals surface area contributed by atoms with E-state index < -0.39 is 65.4 Å². The standard InChI is InChI=1S/C28H29NO5.C26H27N3O5.C21H25NO4.C7H5IO.C4H9NO/c1-20(34-28(2,3)4)26(25(31)19-33-5)29-27(32)24-16-14-22(15-17-24)9-7-6-8-21-10-12-23(18-30)13-11-21;1-19(30)24(26(32)28-33)27-25(31)23-12-10-21(11-13-23)5-3-2-4-20-6-8-22(9-7-20)18-29-14-16-34-17-15-29;1-7-8-9-16-10-12-17(13-11-16)20(24)22-19(18(23)14-25-6)15(2)26-21(3,4)5;8-7-3-1-6(5-9)2-4-7;1-3-6-4-2-5-1/h10-18,20,26H,19H2,1-5H3,(H,29,32);6-13,19,24,30,33H,14-18H2,1H3,(H,27,31)(H,28,32);1,10-13,15,19H,14H2,2-6H3,(H,22,24);1-5H;5H,1-4H2/t20-,26+;19-,24+;15-,19+;;/m111../s1. The molecule has 6 aromatic carbocycles. The number of ketones is 2. The second-order valence-electron chi connectivity index (χ2n) is 26.2. The number of nitrogens with zero attached hydrogens (tertiary/aromatic N) is 1. The van der Waals surface area contributed by atoms with Gasteiger partial charge < -0.3 is 54.8 Å².